The lowest BCUT2D eigenvalue weighted by molar-refractivity contribution is 0.0919. The standard InChI is InChI=1S/C19H21N5O/c1-13-5-7-14(8-6-13)15-9-16(18(25)21-19(2,3)4)11-17(10-15)24-12-20-22-23-24/h5-12H,1-4H3,(H,21,25). The molecule has 1 amide bonds. The van der Waals surface area contributed by atoms with Crippen LogP contribution in [0.25, 0.3) is 16.8 Å². The first-order valence-corrected chi connectivity index (χ1v) is 8.10. The molecule has 0 spiro atoms. The fourth-order valence-corrected chi connectivity index (χ4v) is 2.48. The summed E-state index contributed by atoms with van der Waals surface area (Å²) in [4.78, 5) is 12.6. The third-order valence-corrected chi connectivity index (χ3v) is 3.67. The van der Waals surface area contributed by atoms with Gasteiger partial charge in [-0.25, -0.2) is 4.68 Å². The molecular weight excluding hydrogens is 314 g/mol. The third kappa shape index (κ3) is 4.09. The largest absolute Gasteiger partial charge is 0.347 e. The highest BCUT2D eigenvalue weighted by Gasteiger charge is 2.17. The molecule has 0 bridgehead atoms. The van der Waals surface area contributed by atoms with Crippen molar-refractivity contribution >= 4 is 5.91 Å². The van der Waals surface area contributed by atoms with Crippen molar-refractivity contribution in [2.45, 2.75) is 33.2 Å². The lowest BCUT2D eigenvalue weighted by Gasteiger charge is -2.21. The number of aromatic nitrogens is 4. The van der Waals surface area contributed by atoms with Crippen LogP contribution in [0.5, 0.6) is 0 Å². The first kappa shape index (κ1) is 16.8. The normalized spacial score (nSPS) is 11.4. The second-order valence-corrected chi connectivity index (χ2v) is 7.09. The van der Waals surface area contributed by atoms with Crippen molar-refractivity contribution in [2.24, 2.45) is 0 Å². The second kappa shape index (κ2) is 6.47. The molecule has 0 aliphatic heterocycles. The number of nitrogens with zero attached hydrogens (tertiary/aromatic N) is 4. The number of benzene rings is 2. The molecule has 0 aliphatic rings. The van der Waals surface area contributed by atoms with E-state index in [0.29, 0.717) is 5.56 Å². The quantitative estimate of drug-likeness (QED) is 0.798. The van der Waals surface area contributed by atoms with Crippen LogP contribution in [0.3, 0.4) is 0 Å². The van der Waals surface area contributed by atoms with Crippen molar-refractivity contribution in [3.8, 4) is 16.8 Å². The van der Waals surface area contributed by atoms with E-state index in [9.17, 15) is 4.79 Å². The van der Waals surface area contributed by atoms with Gasteiger partial charge in [0.15, 0.2) is 0 Å². The number of rotatable bonds is 3. The van der Waals surface area contributed by atoms with Crippen molar-refractivity contribution in [2.75, 3.05) is 0 Å². The fraction of sp³-hybridized carbons (Fsp3) is 0.263. The zero-order valence-electron chi connectivity index (χ0n) is 14.8. The van der Waals surface area contributed by atoms with Crippen LogP contribution in [0, 0.1) is 6.92 Å². The molecule has 0 aliphatic carbocycles. The maximum Gasteiger partial charge on any atom is 0.251 e. The third-order valence-electron chi connectivity index (χ3n) is 3.67. The molecule has 6 heteroatoms. The number of hydrogen-bond donors (Lipinski definition) is 1. The zero-order valence-corrected chi connectivity index (χ0v) is 14.8. The van der Waals surface area contributed by atoms with E-state index in [2.05, 4.69) is 20.8 Å². The highest BCUT2D eigenvalue weighted by Crippen LogP contribution is 2.25. The van der Waals surface area contributed by atoms with E-state index >= 15 is 0 Å². The monoisotopic (exact) mass is 335 g/mol. The van der Waals surface area contributed by atoms with Gasteiger partial charge < -0.3 is 5.32 Å². The predicted molar refractivity (Wildman–Crippen MR) is 96.5 cm³/mol. The summed E-state index contributed by atoms with van der Waals surface area (Å²) in [5.41, 5.74) is 4.15. The van der Waals surface area contributed by atoms with Crippen LogP contribution in [0.2, 0.25) is 0 Å². The van der Waals surface area contributed by atoms with Crippen LogP contribution in [0.15, 0.2) is 48.8 Å². The van der Waals surface area contributed by atoms with Crippen LogP contribution in [0.4, 0.5) is 0 Å². The molecule has 128 valence electrons. The molecule has 0 fully saturated rings. The highest BCUT2D eigenvalue weighted by molar-refractivity contribution is 5.96. The average molecular weight is 335 g/mol. The lowest BCUT2D eigenvalue weighted by Crippen LogP contribution is -2.40. The average Bonchev–Trinajstić information content (AvgIpc) is 3.08. The first-order chi connectivity index (χ1) is 11.8. The van der Waals surface area contributed by atoms with E-state index in [1.54, 1.807) is 10.7 Å². The Hall–Kier alpha value is -3.02. The molecule has 3 rings (SSSR count). The van der Waals surface area contributed by atoms with Crippen LogP contribution < -0.4 is 5.32 Å². The molecule has 0 saturated heterocycles. The fourth-order valence-electron chi connectivity index (χ4n) is 2.48. The summed E-state index contributed by atoms with van der Waals surface area (Å²) in [5, 5.41) is 14.3. The number of amides is 1. The SMILES string of the molecule is Cc1ccc(-c2cc(C(=O)NC(C)(C)C)cc(-n3cnnn3)c2)cc1. The van der Waals surface area contributed by atoms with Crippen molar-refractivity contribution in [3.05, 3.63) is 59.9 Å². The Labute approximate surface area is 146 Å². The maximum absolute atomic E-state index is 12.6. The van der Waals surface area contributed by atoms with Crippen molar-refractivity contribution < 1.29 is 4.79 Å². The Morgan fingerprint density at radius 3 is 2.36 bits per heavy atom. The van der Waals surface area contributed by atoms with Gasteiger partial charge in [0, 0.05) is 11.1 Å². The van der Waals surface area contributed by atoms with Gasteiger partial charge >= 0.3 is 0 Å². The molecular formula is C19H21N5O. The predicted octanol–water partition coefficient (Wildman–Crippen LogP) is 3.17. The summed E-state index contributed by atoms with van der Waals surface area (Å²) in [5.74, 6) is -0.129. The van der Waals surface area contributed by atoms with Gasteiger partial charge in [-0.1, -0.05) is 29.8 Å². The Kier molecular flexibility index (Phi) is 4.35. The Morgan fingerprint density at radius 2 is 1.76 bits per heavy atom. The van der Waals surface area contributed by atoms with Crippen LogP contribution in [0.1, 0.15) is 36.7 Å². The number of hydrogen-bond acceptors (Lipinski definition) is 4. The summed E-state index contributed by atoms with van der Waals surface area (Å²) in [6, 6.07) is 13.8. The molecule has 0 radical (unpaired) electrons. The first-order valence-electron chi connectivity index (χ1n) is 8.10. The zero-order chi connectivity index (χ0) is 18.0. The number of aryl methyl sites for hydroxylation is 1. The smallest absolute Gasteiger partial charge is 0.251 e. The van der Waals surface area contributed by atoms with E-state index in [1.807, 2.05) is 64.1 Å². The van der Waals surface area contributed by atoms with Crippen LogP contribution >= 0.6 is 0 Å². The van der Waals surface area contributed by atoms with E-state index < -0.39 is 0 Å². The van der Waals surface area contributed by atoms with Gasteiger partial charge in [0.1, 0.15) is 6.33 Å². The number of carbonyl (C=O) groups is 1. The molecule has 0 atom stereocenters. The topological polar surface area (TPSA) is 72.7 Å². The number of tetrazole rings is 1. The molecule has 25 heavy (non-hydrogen) atoms. The van der Waals surface area contributed by atoms with Gasteiger partial charge in [-0.05, 0) is 67.4 Å². The minimum Gasteiger partial charge on any atom is -0.347 e. The van der Waals surface area contributed by atoms with Gasteiger partial charge in [-0.2, -0.15) is 0 Å². The van der Waals surface area contributed by atoms with Crippen molar-refractivity contribution in [1.29, 1.82) is 0 Å². The van der Waals surface area contributed by atoms with Gasteiger partial charge in [-0.3, -0.25) is 4.79 Å². The molecule has 0 saturated carbocycles. The second-order valence-electron chi connectivity index (χ2n) is 7.09. The number of carbonyl (C=O) groups excluding carboxylic acids is 1. The Balaban J connectivity index is 2.08. The summed E-state index contributed by atoms with van der Waals surface area (Å²) < 4.78 is 1.55. The maximum atomic E-state index is 12.6. The highest BCUT2D eigenvalue weighted by atomic mass is 16.1. The molecule has 2 aromatic carbocycles. The molecule has 1 aromatic heterocycles. The summed E-state index contributed by atoms with van der Waals surface area (Å²) in [7, 11) is 0. The summed E-state index contributed by atoms with van der Waals surface area (Å²) in [6.07, 6.45) is 1.51. The van der Waals surface area contributed by atoms with Crippen molar-refractivity contribution in [3.63, 3.8) is 0 Å². The van der Waals surface area contributed by atoms with Gasteiger partial charge in [0.25, 0.3) is 5.91 Å². The lowest BCUT2D eigenvalue weighted by atomic mass is 10.00. The summed E-state index contributed by atoms with van der Waals surface area (Å²) >= 11 is 0. The molecule has 1 heterocycles. The van der Waals surface area contributed by atoms with E-state index in [-0.39, 0.29) is 11.4 Å². The van der Waals surface area contributed by atoms with Gasteiger partial charge in [0.2, 0.25) is 0 Å². The number of nitrogens with one attached hydrogen (secondary N) is 1. The Morgan fingerprint density at radius 1 is 1.04 bits per heavy atom. The van der Waals surface area contributed by atoms with Crippen LogP contribution in [-0.2, 0) is 0 Å². The van der Waals surface area contributed by atoms with Gasteiger partial charge in [-0.15, -0.1) is 5.10 Å². The molecule has 6 nitrogen and oxygen atoms in total. The molecule has 3 aromatic rings. The van der Waals surface area contributed by atoms with Gasteiger partial charge in [0.05, 0.1) is 5.69 Å². The van der Waals surface area contributed by atoms with E-state index in [1.165, 1.54) is 11.9 Å². The van der Waals surface area contributed by atoms with E-state index in [4.69, 9.17) is 0 Å². The minimum atomic E-state index is -0.314. The Bertz CT molecular complexity index is 877. The molecule has 0 unspecified atom stereocenters. The van der Waals surface area contributed by atoms with Crippen molar-refractivity contribution in [1.82, 2.24) is 25.5 Å². The summed E-state index contributed by atoms with van der Waals surface area (Å²) in [6.45, 7) is 7.91. The molecule has 1 N–H and O–H groups in total. The van der Waals surface area contributed by atoms with E-state index in [0.717, 1.165) is 16.8 Å². The van der Waals surface area contributed by atoms with Crippen LogP contribution in [-0.4, -0.2) is 31.7 Å². The minimum absolute atomic E-state index is 0.129.